The van der Waals surface area contributed by atoms with Gasteiger partial charge >= 0.3 is 0 Å². The van der Waals surface area contributed by atoms with Gasteiger partial charge in [0.1, 0.15) is 5.82 Å². The molecule has 2 heteroatoms. The van der Waals surface area contributed by atoms with E-state index in [0.717, 1.165) is 39.1 Å². The second-order valence-electron chi connectivity index (χ2n) is 13.8. The molecule has 250 valence electrons. The molecular formula is C51H34FN. The average Bonchev–Trinajstić information content (AvgIpc) is 3.53. The largest absolute Gasteiger partial charge is 0.310 e. The van der Waals surface area contributed by atoms with Crippen molar-refractivity contribution in [2.24, 2.45) is 0 Å². The Kier molecular flexibility index (Phi) is 7.30. The van der Waals surface area contributed by atoms with Crippen LogP contribution in [0.4, 0.5) is 21.5 Å². The first-order valence-electron chi connectivity index (χ1n) is 18.1. The fourth-order valence-corrected chi connectivity index (χ4v) is 8.63. The number of nitrogens with zero attached hydrogens (tertiary/aromatic N) is 1. The van der Waals surface area contributed by atoms with E-state index in [0.29, 0.717) is 5.39 Å². The Morgan fingerprint density at radius 2 is 0.962 bits per heavy atom. The molecule has 0 bridgehead atoms. The molecule has 0 aliphatic heterocycles. The molecule has 0 N–H and O–H groups in total. The highest BCUT2D eigenvalue weighted by molar-refractivity contribution is 6.05. The summed E-state index contributed by atoms with van der Waals surface area (Å²) < 4.78 is 15.5. The van der Waals surface area contributed by atoms with Crippen LogP contribution in [-0.4, -0.2) is 0 Å². The topological polar surface area (TPSA) is 3.24 Å². The summed E-state index contributed by atoms with van der Waals surface area (Å²) in [7, 11) is 0. The molecule has 1 nitrogen and oxygen atoms in total. The molecule has 53 heavy (non-hydrogen) atoms. The summed E-state index contributed by atoms with van der Waals surface area (Å²) in [6.07, 6.45) is 0. The van der Waals surface area contributed by atoms with Gasteiger partial charge in [-0.3, -0.25) is 0 Å². The van der Waals surface area contributed by atoms with Crippen molar-refractivity contribution >= 4 is 38.6 Å². The van der Waals surface area contributed by atoms with Crippen LogP contribution >= 0.6 is 0 Å². The minimum absolute atomic E-state index is 0.207. The zero-order valence-corrected chi connectivity index (χ0v) is 29.0. The van der Waals surface area contributed by atoms with E-state index in [9.17, 15) is 0 Å². The van der Waals surface area contributed by atoms with E-state index in [1.807, 2.05) is 12.1 Å². The second kappa shape index (κ2) is 12.5. The Labute approximate surface area is 308 Å². The molecular weight excluding hydrogens is 646 g/mol. The fourth-order valence-electron chi connectivity index (χ4n) is 8.63. The molecule has 0 heterocycles. The number of anilines is 3. The van der Waals surface area contributed by atoms with Crippen molar-refractivity contribution in [2.75, 3.05) is 4.90 Å². The molecule has 0 fully saturated rings. The normalized spacial score (nSPS) is 12.8. The van der Waals surface area contributed by atoms with E-state index in [4.69, 9.17) is 0 Å². The minimum Gasteiger partial charge on any atom is -0.310 e. The zero-order chi connectivity index (χ0) is 35.4. The van der Waals surface area contributed by atoms with Crippen molar-refractivity contribution < 1.29 is 4.39 Å². The second-order valence-corrected chi connectivity index (χ2v) is 13.8. The van der Waals surface area contributed by atoms with Gasteiger partial charge in [-0.15, -0.1) is 0 Å². The summed E-state index contributed by atoms with van der Waals surface area (Å²) in [5, 5.41) is 3.94. The first kappa shape index (κ1) is 31.0. The molecule has 0 aromatic heterocycles. The van der Waals surface area contributed by atoms with Crippen molar-refractivity contribution in [1.29, 1.82) is 0 Å². The van der Waals surface area contributed by atoms with E-state index in [2.05, 4.69) is 193 Å². The number of rotatable bonds is 6. The monoisotopic (exact) mass is 679 g/mol. The summed E-state index contributed by atoms with van der Waals surface area (Å²) in [5.74, 6) is -0.207. The molecule has 1 aliphatic carbocycles. The lowest BCUT2D eigenvalue weighted by Crippen LogP contribution is -2.28. The lowest BCUT2D eigenvalue weighted by molar-refractivity contribution is 0.640. The number of hydrogen-bond acceptors (Lipinski definition) is 1. The van der Waals surface area contributed by atoms with Crippen molar-refractivity contribution in [1.82, 2.24) is 0 Å². The summed E-state index contributed by atoms with van der Waals surface area (Å²) in [6, 6.07) is 72.6. The third-order valence-electron chi connectivity index (χ3n) is 11.0. The van der Waals surface area contributed by atoms with Crippen molar-refractivity contribution in [3.8, 4) is 22.3 Å². The van der Waals surface area contributed by atoms with Crippen LogP contribution < -0.4 is 4.90 Å². The van der Waals surface area contributed by atoms with Crippen LogP contribution in [0, 0.1) is 5.82 Å². The van der Waals surface area contributed by atoms with Crippen LogP contribution in [0.15, 0.2) is 206 Å². The first-order chi connectivity index (χ1) is 26.2. The standard InChI is InChI=1S/C51H34FN/c52-49-22-12-21-45-44(49)31-32-47-50(45)46-30-29-43(34-48(46)51(47,39-17-6-2-7-18-39)40-19-8-3-9-20-40)53(42-28-25-36-15-10-11-16-38(36)33-42)41-26-23-37(24-27-41)35-13-4-1-5-14-35/h1-34H. The van der Waals surface area contributed by atoms with Gasteiger partial charge in [-0.2, -0.15) is 0 Å². The fraction of sp³-hybridized carbons (Fsp3) is 0.0196. The molecule has 9 aromatic rings. The molecule has 9 aromatic carbocycles. The molecule has 10 rings (SSSR count). The Morgan fingerprint density at radius 1 is 0.377 bits per heavy atom. The van der Waals surface area contributed by atoms with Crippen molar-refractivity contribution in [2.45, 2.75) is 5.41 Å². The average molecular weight is 680 g/mol. The SMILES string of the molecule is Fc1cccc2c3c(ccc12)C(c1ccccc1)(c1ccccc1)c1cc(N(c2ccc(-c4ccccc4)cc2)c2ccc4ccccc4c2)ccc1-3. The van der Waals surface area contributed by atoms with Crippen molar-refractivity contribution in [3.05, 3.63) is 234 Å². The maximum atomic E-state index is 15.5. The van der Waals surface area contributed by atoms with Crippen LogP contribution in [-0.2, 0) is 5.41 Å². The Balaban J connectivity index is 1.26. The highest BCUT2D eigenvalue weighted by Crippen LogP contribution is 2.59. The van der Waals surface area contributed by atoms with Gasteiger partial charge in [-0.05, 0) is 103 Å². The van der Waals surface area contributed by atoms with Gasteiger partial charge in [0.05, 0.1) is 5.41 Å². The quantitative estimate of drug-likeness (QED) is 0.169. The predicted molar refractivity (Wildman–Crippen MR) is 219 cm³/mol. The Bertz CT molecular complexity index is 2730. The highest BCUT2D eigenvalue weighted by Gasteiger charge is 2.47. The molecule has 0 amide bonds. The van der Waals surface area contributed by atoms with Gasteiger partial charge in [0, 0.05) is 22.4 Å². The lowest BCUT2D eigenvalue weighted by atomic mass is 9.67. The van der Waals surface area contributed by atoms with Crippen LogP contribution in [0.1, 0.15) is 22.3 Å². The molecule has 0 unspecified atom stereocenters. The number of fused-ring (bicyclic) bond motifs is 6. The zero-order valence-electron chi connectivity index (χ0n) is 29.0. The van der Waals surface area contributed by atoms with Gasteiger partial charge in [0.15, 0.2) is 0 Å². The van der Waals surface area contributed by atoms with Gasteiger partial charge in [-0.25, -0.2) is 4.39 Å². The van der Waals surface area contributed by atoms with E-state index >= 15 is 4.39 Å². The first-order valence-corrected chi connectivity index (χ1v) is 18.1. The molecule has 0 saturated carbocycles. The minimum atomic E-state index is -0.643. The third kappa shape index (κ3) is 4.91. The summed E-state index contributed by atoms with van der Waals surface area (Å²) >= 11 is 0. The number of halogens is 1. The van der Waals surface area contributed by atoms with Crippen LogP contribution in [0.2, 0.25) is 0 Å². The number of benzene rings is 9. The predicted octanol–water partition coefficient (Wildman–Crippen LogP) is 13.6. The summed E-state index contributed by atoms with van der Waals surface area (Å²) in [4.78, 5) is 2.36. The van der Waals surface area contributed by atoms with Gasteiger partial charge in [0.25, 0.3) is 0 Å². The number of hydrogen-bond donors (Lipinski definition) is 0. The van der Waals surface area contributed by atoms with Crippen molar-refractivity contribution in [3.63, 3.8) is 0 Å². The highest BCUT2D eigenvalue weighted by atomic mass is 19.1. The maximum absolute atomic E-state index is 15.5. The lowest BCUT2D eigenvalue weighted by Gasteiger charge is -2.35. The van der Waals surface area contributed by atoms with Crippen LogP contribution in [0.3, 0.4) is 0 Å². The summed E-state index contributed by atoms with van der Waals surface area (Å²) in [5.41, 5.74) is 11.8. The molecule has 0 spiro atoms. The van der Waals surface area contributed by atoms with Gasteiger partial charge in [-0.1, -0.05) is 164 Å². The summed E-state index contributed by atoms with van der Waals surface area (Å²) in [6.45, 7) is 0. The maximum Gasteiger partial charge on any atom is 0.131 e. The smallest absolute Gasteiger partial charge is 0.131 e. The molecule has 0 saturated heterocycles. The van der Waals surface area contributed by atoms with Crippen LogP contribution in [0.25, 0.3) is 43.8 Å². The van der Waals surface area contributed by atoms with E-state index in [1.165, 1.54) is 38.6 Å². The Morgan fingerprint density at radius 3 is 1.68 bits per heavy atom. The van der Waals surface area contributed by atoms with Gasteiger partial charge in [0.2, 0.25) is 0 Å². The van der Waals surface area contributed by atoms with E-state index in [-0.39, 0.29) is 5.82 Å². The Hall–Kier alpha value is -6.77. The van der Waals surface area contributed by atoms with E-state index < -0.39 is 5.41 Å². The van der Waals surface area contributed by atoms with E-state index in [1.54, 1.807) is 6.07 Å². The molecule has 1 aliphatic rings. The van der Waals surface area contributed by atoms with Gasteiger partial charge < -0.3 is 4.90 Å². The molecule has 0 atom stereocenters. The third-order valence-corrected chi connectivity index (χ3v) is 11.0. The molecule has 0 radical (unpaired) electrons. The van der Waals surface area contributed by atoms with Crippen LogP contribution in [0.5, 0.6) is 0 Å².